The number of amides is 3. The van der Waals surface area contributed by atoms with Crippen LogP contribution in [-0.2, 0) is 11.3 Å². The maximum atomic E-state index is 12.1. The number of thioether (sulfide) groups is 1. The van der Waals surface area contributed by atoms with E-state index in [1.165, 1.54) is 11.8 Å². The smallest absolute Gasteiger partial charge is 0.321 e. The lowest BCUT2D eigenvalue weighted by molar-refractivity contribution is -0.119. The Bertz CT molecular complexity index is 716. The minimum absolute atomic E-state index is 0.340. The summed E-state index contributed by atoms with van der Waals surface area (Å²) < 4.78 is 1.74. The van der Waals surface area contributed by atoms with E-state index in [0.717, 1.165) is 18.4 Å². The molecule has 0 spiro atoms. The Morgan fingerprint density at radius 2 is 2.08 bits per heavy atom. The zero-order valence-electron chi connectivity index (χ0n) is 13.2. The van der Waals surface area contributed by atoms with Gasteiger partial charge in [-0.2, -0.15) is 0 Å². The van der Waals surface area contributed by atoms with E-state index in [4.69, 9.17) is 0 Å². The van der Waals surface area contributed by atoms with E-state index >= 15 is 0 Å². The summed E-state index contributed by atoms with van der Waals surface area (Å²) in [6, 6.07) is 9.31. The SMILES string of the molecule is CC(Sc1nnnn1C1CC1)C(=O)NC(=O)NCc1ccccc1. The number of imide groups is 1. The van der Waals surface area contributed by atoms with E-state index in [1.807, 2.05) is 30.3 Å². The van der Waals surface area contributed by atoms with Crippen LogP contribution in [0.15, 0.2) is 35.5 Å². The Labute approximate surface area is 143 Å². The van der Waals surface area contributed by atoms with E-state index in [-0.39, 0.29) is 5.91 Å². The van der Waals surface area contributed by atoms with Crippen LogP contribution < -0.4 is 10.6 Å². The van der Waals surface area contributed by atoms with Gasteiger partial charge in [-0.05, 0) is 35.8 Å². The van der Waals surface area contributed by atoms with E-state index in [0.29, 0.717) is 17.7 Å². The van der Waals surface area contributed by atoms with Crippen molar-refractivity contribution in [2.75, 3.05) is 0 Å². The number of benzene rings is 1. The number of nitrogens with zero attached hydrogens (tertiary/aromatic N) is 4. The molecule has 0 aliphatic heterocycles. The fourth-order valence-electron chi connectivity index (χ4n) is 2.06. The number of carbonyl (C=O) groups excluding carboxylic acids is 2. The second-order valence-electron chi connectivity index (χ2n) is 5.55. The third-order valence-corrected chi connectivity index (χ3v) is 4.59. The highest BCUT2D eigenvalue weighted by Crippen LogP contribution is 2.37. The largest absolute Gasteiger partial charge is 0.334 e. The molecule has 1 saturated carbocycles. The van der Waals surface area contributed by atoms with Crippen molar-refractivity contribution >= 4 is 23.7 Å². The summed E-state index contributed by atoms with van der Waals surface area (Å²) in [4.78, 5) is 23.9. The summed E-state index contributed by atoms with van der Waals surface area (Å²) in [6.45, 7) is 2.08. The van der Waals surface area contributed by atoms with Crippen molar-refractivity contribution in [3.8, 4) is 0 Å². The molecule has 9 heteroatoms. The van der Waals surface area contributed by atoms with Gasteiger partial charge in [-0.15, -0.1) is 5.10 Å². The van der Waals surface area contributed by atoms with Crippen LogP contribution in [0.2, 0.25) is 0 Å². The van der Waals surface area contributed by atoms with Gasteiger partial charge in [-0.1, -0.05) is 42.1 Å². The molecule has 2 aromatic rings. The highest BCUT2D eigenvalue weighted by molar-refractivity contribution is 8.00. The average Bonchev–Trinajstić information content (AvgIpc) is 3.33. The van der Waals surface area contributed by atoms with Gasteiger partial charge in [-0.25, -0.2) is 9.48 Å². The van der Waals surface area contributed by atoms with Crippen molar-refractivity contribution in [2.45, 2.75) is 42.8 Å². The van der Waals surface area contributed by atoms with Crippen molar-refractivity contribution in [2.24, 2.45) is 0 Å². The Morgan fingerprint density at radius 1 is 1.33 bits per heavy atom. The maximum Gasteiger partial charge on any atom is 0.321 e. The molecule has 0 saturated heterocycles. The minimum Gasteiger partial charge on any atom is -0.334 e. The van der Waals surface area contributed by atoms with Crippen molar-refractivity contribution in [1.29, 1.82) is 0 Å². The molecule has 0 radical (unpaired) electrons. The van der Waals surface area contributed by atoms with Crippen molar-refractivity contribution < 1.29 is 9.59 Å². The Morgan fingerprint density at radius 3 is 2.79 bits per heavy atom. The van der Waals surface area contributed by atoms with Gasteiger partial charge in [0, 0.05) is 6.54 Å². The second kappa shape index (κ2) is 7.43. The van der Waals surface area contributed by atoms with Gasteiger partial charge in [0.05, 0.1) is 11.3 Å². The van der Waals surface area contributed by atoms with Gasteiger partial charge in [-0.3, -0.25) is 10.1 Å². The zero-order chi connectivity index (χ0) is 16.9. The lowest BCUT2D eigenvalue weighted by atomic mass is 10.2. The molecular weight excluding hydrogens is 328 g/mol. The van der Waals surface area contributed by atoms with E-state index in [2.05, 4.69) is 26.2 Å². The molecule has 0 bridgehead atoms. The molecule has 3 rings (SSSR count). The molecule has 1 aromatic carbocycles. The first-order valence-corrected chi connectivity index (χ1v) is 8.58. The topological polar surface area (TPSA) is 102 Å². The Hall–Kier alpha value is -2.42. The van der Waals surface area contributed by atoms with Gasteiger partial charge in [0.15, 0.2) is 0 Å². The number of aromatic nitrogens is 4. The van der Waals surface area contributed by atoms with E-state index in [9.17, 15) is 9.59 Å². The summed E-state index contributed by atoms with van der Waals surface area (Å²) in [5.74, 6) is -0.379. The number of nitrogens with one attached hydrogen (secondary N) is 2. The highest BCUT2D eigenvalue weighted by atomic mass is 32.2. The molecule has 1 aliphatic rings. The average molecular weight is 346 g/mol. The molecule has 1 heterocycles. The molecule has 1 aliphatic carbocycles. The first kappa shape index (κ1) is 16.4. The van der Waals surface area contributed by atoms with E-state index in [1.54, 1.807) is 11.6 Å². The Balaban J connectivity index is 1.46. The summed E-state index contributed by atoms with van der Waals surface area (Å²) >= 11 is 1.24. The van der Waals surface area contributed by atoms with Crippen molar-refractivity contribution in [3.05, 3.63) is 35.9 Å². The molecule has 126 valence electrons. The fraction of sp³-hybridized carbons (Fsp3) is 0.400. The third kappa shape index (κ3) is 4.31. The molecule has 1 fully saturated rings. The standard InChI is InChI=1S/C15H18N6O2S/c1-10(24-15-18-19-20-21(15)12-7-8-12)13(22)17-14(23)16-9-11-5-3-2-4-6-11/h2-6,10,12H,7-9H2,1H3,(H2,16,17,22,23). The first-order valence-electron chi connectivity index (χ1n) is 7.70. The fourth-order valence-corrected chi connectivity index (χ4v) is 2.92. The van der Waals surface area contributed by atoms with Crippen LogP contribution in [0, 0.1) is 0 Å². The molecule has 3 amide bonds. The minimum atomic E-state index is -0.516. The van der Waals surface area contributed by atoms with Crippen LogP contribution >= 0.6 is 11.8 Å². The molecule has 2 N–H and O–H groups in total. The zero-order valence-corrected chi connectivity index (χ0v) is 14.0. The maximum absolute atomic E-state index is 12.1. The molecule has 1 aromatic heterocycles. The number of hydrogen-bond donors (Lipinski definition) is 2. The van der Waals surface area contributed by atoms with Crippen molar-refractivity contribution in [1.82, 2.24) is 30.8 Å². The molecule has 8 nitrogen and oxygen atoms in total. The molecule has 1 atom stereocenters. The van der Waals surface area contributed by atoms with Crippen LogP contribution in [0.3, 0.4) is 0 Å². The number of carbonyl (C=O) groups is 2. The molecular formula is C15H18N6O2S. The Kier molecular flexibility index (Phi) is 5.09. The van der Waals surface area contributed by atoms with Crippen LogP contribution in [0.1, 0.15) is 31.4 Å². The lowest BCUT2D eigenvalue weighted by Crippen LogP contribution is -2.42. The van der Waals surface area contributed by atoms with Gasteiger partial charge in [0.1, 0.15) is 0 Å². The third-order valence-electron chi connectivity index (χ3n) is 3.54. The lowest BCUT2D eigenvalue weighted by Gasteiger charge is -2.11. The highest BCUT2D eigenvalue weighted by Gasteiger charge is 2.29. The number of tetrazole rings is 1. The normalized spacial score (nSPS) is 14.9. The van der Waals surface area contributed by atoms with Crippen LogP contribution in [-0.4, -0.2) is 37.4 Å². The molecule has 1 unspecified atom stereocenters. The van der Waals surface area contributed by atoms with Crippen LogP contribution in [0.25, 0.3) is 0 Å². The molecule has 24 heavy (non-hydrogen) atoms. The predicted octanol–water partition coefficient (Wildman–Crippen LogP) is 1.51. The summed E-state index contributed by atoms with van der Waals surface area (Å²) in [5.41, 5.74) is 0.964. The number of rotatable bonds is 6. The number of hydrogen-bond acceptors (Lipinski definition) is 6. The summed E-state index contributed by atoms with van der Waals surface area (Å²) in [5, 5.41) is 16.7. The van der Waals surface area contributed by atoms with Gasteiger partial charge < -0.3 is 5.32 Å². The predicted molar refractivity (Wildman–Crippen MR) is 88.2 cm³/mol. The van der Waals surface area contributed by atoms with Crippen LogP contribution in [0.4, 0.5) is 4.79 Å². The second-order valence-corrected chi connectivity index (χ2v) is 6.86. The monoisotopic (exact) mass is 346 g/mol. The van der Waals surface area contributed by atoms with Gasteiger partial charge in [0.2, 0.25) is 11.1 Å². The van der Waals surface area contributed by atoms with Crippen LogP contribution in [0.5, 0.6) is 0 Å². The summed E-state index contributed by atoms with van der Waals surface area (Å²) in [7, 11) is 0. The van der Waals surface area contributed by atoms with Gasteiger partial charge >= 0.3 is 6.03 Å². The summed E-state index contributed by atoms with van der Waals surface area (Å²) in [6.07, 6.45) is 2.11. The first-order chi connectivity index (χ1) is 11.6. The van der Waals surface area contributed by atoms with Gasteiger partial charge in [0.25, 0.3) is 0 Å². The van der Waals surface area contributed by atoms with E-state index < -0.39 is 11.3 Å². The van der Waals surface area contributed by atoms with Crippen molar-refractivity contribution in [3.63, 3.8) is 0 Å². The quantitative estimate of drug-likeness (QED) is 0.769. The number of urea groups is 1.